The molecule has 0 saturated heterocycles. The zero-order valence-electron chi connectivity index (χ0n) is 22.4. The van der Waals surface area contributed by atoms with Gasteiger partial charge in [-0.2, -0.15) is 0 Å². The first-order chi connectivity index (χ1) is 19.4. The van der Waals surface area contributed by atoms with E-state index in [9.17, 15) is 0 Å². The summed E-state index contributed by atoms with van der Waals surface area (Å²) < 4.78 is 57.1. The SMILES string of the molecule is [CH](c1ccc2c(c1)OCCOCCOCCOCCO2)c1ccc2c(c1)OCCOCCOCCOCCO2. The lowest BCUT2D eigenvalue weighted by molar-refractivity contribution is 0.00708. The van der Waals surface area contributed by atoms with Gasteiger partial charge in [0, 0.05) is 6.42 Å². The summed E-state index contributed by atoms with van der Waals surface area (Å²) in [5, 5.41) is 0. The monoisotopic (exact) mass is 547 g/mol. The van der Waals surface area contributed by atoms with Crippen molar-refractivity contribution in [3.8, 4) is 23.0 Å². The average molecular weight is 548 g/mol. The standard InChI is InChI=1S/C29H39O10/c1-3-26-28(38-19-15-34-11-7-30-5-9-32-13-17-36-26)22-24(1)21-25-2-4-27-29(23-25)39-20-16-35-12-8-31-6-10-33-14-18-37-27/h1-4,21-23H,5-20H2. The third-order valence-corrected chi connectivity index (χ3v) is 5.70. The van der Waals surface area contributed by atoms with Crippen molar-refractivity contribution in [2.75, 3.05) is 106 Å². The molecule has 2 heterocycles. The van der Waals surface area contributed by atoms with Gasteiger partial charge in [0.15, 0.2) is 23.0 Å². The molecule has 1 radical (unpaired) electrons. The Morgan fingerprint density at radius 2 is 0.615 bits per heavy atom. The number of fused-ring (bicyclic) bond motifs is 2. The second kappa shape index (κ2) is 17.9. The third kappa shape index (κ3) is 11.2. The Morgan fingerprint density at radius 3 is 0.949 bits per heavy atom. The minimum atomic E-state index is 0.401. The van der Waals surface area contributed by atoms with Crippen LogP contribution in [0.1, 0.15) is 11.1 Å². The second-order valence-corrected chi connectivity index (χ2v) is 8.62. The summed E-state index contributed by atoms with van der Waals surface area (Å²) in [7, 11) is 0. The maximum atomic E-state index is 6.01. The summed E-state index contributed by atoms with van der Waals surface area (Å²) >= 11 is 0. The number of ether oxygens (including phenoxy) is 10. The molecule has 2 aromatic rings. The fourth-order valence-electron chi connectivity index (χ4n) is 3.81. The molecule has 2 aliphatic heterocycles. The molecule has 0 fully saturated rings. The van der Waals surface area contributed by atoms with Gasteiger partial charge in [-0.15, -0.1) is 0 Å². The molecule has 10 heteroatoms. The van der Waals surface area contributed by atoms with Crippen LogP contribution in [0.25, 0.3) is 0 Å². The molecule has 0 atom stereocenters. The van der Waals surface area contributed by atoms with Gasteiger partial charge < -0.3 is 47.4 Å². The topological polar surface area (TPSA) is 92.3 Å². The van der Waals surface area contributed by atoms with E-state index in [-0.39, 0.29) is 0 Å². The Morgan fingerprint density at radius 1 is 0.333 bits per heavy atom. The van der Waals surface area contributed by atoms with Crippen LogP contribution in [0, 0.1) is 6.42 Å². The van der Waals surface area contributed by atoms with Crippen LogP contribution in [0.3, 0.4) is 0 Å². The Bertz CT molecular complexity index is 878. The Labute approximate surface area is 230 Å². The van der Waals surface area contributed by atoms with Crippen molar-refractivity contribution in [3.05, 3.63) is 53.9 Å². The van der Waals surface area contributed by atoms with Gasteiger partial charge in [0.2, 0.25) is 0 Å². The Balaban J connectivity index is 1.41. The van der Waals surface area contributed by atoms with E-state index >= 15 is 0 Å². The van der Waals surface area contributed by atoms with Gasteiger partial charge in [0.05, 0.1) is 79.3 Å². The van der Waals surface area contributed by atoms with Gasteiger partial charge in [-0.3, -0.25) is 0 Å². The van der Waals surface area contributed by atoms with Crippen LogP contribution in [0.4, 0.5) is 0 Å². The molecule has 215 valence electrons. The molecule has 4 rings (SSSR count). The van der Waals surface area contributed by atoms with E-state index in [1.807, 2.05) is 42.8 Å². The third-order valence-electron chi connectivity index (χ3n) is 5.70. The predicted molar refractivity (Wildman–Crippen MR) is 142 cm³/mol. The molecule has 0 saturated carbocycles. The molecule has 2 aromatic carbocycles. The van der Waals surface area contributed by atoms with Crippen LogP contribution in [-0.4, -0.2) is 106 Å². The molecule has 0 amide bonds. The molecule has 2 aliphatic rings. The first-order valence-corrected chi connectivity index (χ1v) is 13.5. The molecular weight excluding hydrogens is 508 g/mol. The van der Waals surface area contributed by atoms with Crippen molar-refractivity contribution < 1.29 is 47.4 Å². The molecule has 0 spiro atoms. The lowest BCUT2D eigenvalue weighted by Crippen LogP contribution is -2.13. The van der Waals surface area contributed by atoms with Gasteiger partial charge in [-0.05, 0) is 35.4 Å². The Kier molecular flexibility index (Phi) is 13.5. The lowest BCUT2D eigenvalue weighted by Gasteiger charge is -2.16. The fraction of sp³-hybridized carbons (Fsp3) is 0.552. The molecule has 0 N–H and O–H groups in total. The highest BCUT2D eigenvalue weighted by Gasteiger charge is 2.12. The minimum absolute atomic E-state index is 0.401. The zero-order chi connectivity index (χ0) is 26.8. The fourth-order valence-corrected chi connectivity index (χ4v) is 3.81. The smallest absolute Gasteiger partial charge is 0.161 e. The minimum Gasteiger partial charge on any atom is -0.487 e. The highest BCUT2D eigenvalue weighted by molar-refractivity contribution is 5.51. The van der Waals surface area contributed by atoms with E-state index in [4.69, 9.17) is 47.4 Å². The molecule has 39 heavy (non-hydrogen) atoms. The average Bonchev–Trinajstić information content (AvgIpc) is 2.96. The molecule has 0 bridgehead atoms. The predicted octanol–water partition coefficient (Wildman–Crippen LogP) is 2.93. The first-order valence-electron chi connectivity index (χ1n) is 13.5. The Hall–Kier alpha value is -2.60. The summed E-state index contributed by atoms with van der Waals surface area (Å²) in [5.41, 5.74) is 1.91. The van der Waals surface area contributed by atoms with E-state index in [0.717, 1.165) is 11.1 Å². The lowest BCUT2D eigenvalue weighted by atomic mass is 10.0. The summed E-state index contributed by atoms with van der Waals surface area (Å²) in [6.07, 6.45) is 2.05. The van der Waals surface area contributed by atoms with E-state index < -0.39 is 0 Å². The molecular formula is C29H39O10. The number of benzene rings is 2. The van der Waals surface area contributed by atoms with Crippen molar-refractivity contribution in [1.82, 2.24) is 0 Å². The van der Waals surface area contributed by atoms with Crippen molar-refractivity contribution in [2.45, 2.75) is 0 Å². The summed E-state index contributed by atoms with van der Waals surface area (Å²) in [5.74, 6) is 2.61. The van der Waals surface area contributed by atoms with Crippen LogP contribution in [0.2, 0.25) is 0 Å². The van der Waals surface area contributed by atoms with E-state index in [0.29, 0.717) is 129 Å². The van der Waals surface area contributed by atoms with Crippen molar-refractivity contribution in [3.63, 3.8) is 0 Å². The van der Waals surface area contributed by atoms with Crippen LogP contribution >= 0.6 is 0 Å². The zero-order valence-corrected chi connectivity index (χ0v) is 22.4. The van der Waals surface area contributed by atoms with Crippen LogP contribution in [0.15, 0.2) is 36.4 Å². The van der Waals surface area contributed by atoms with E-state index in [1.54, 1.807) is 0 Å². The molecule has 0 aliphatic carbocycles. The molecule has 10 nitrogen and oxygen atoms in total. The summed E-state index contributed by atoms with van der Waals surface area (Å²) in [4.78, 5) is 0. The second-order valence-electron chi connectivity index (χ2n) is 8.62. The van der Waals surface area contributed by atoms with Crippen LogP contribution in [0.5, 0.6) is 23.0 Å². The number of hydrogen-bond acceptors (Lipinski definition) is 10. The summed E-state index contributed by atoms with van der Waals surface area (Å²) in [6, 6.07) is 11.7. The number of rotatable bonds is 2. The normalized spacial score (nSPS) is 19.5. The molecule has 0 unspecified atom stereocenters. The first kappa shape index (κ1) is 29.4. The number of hydrogen-bond donors (Lipinski definition) is 0. The maximum absolute atomic E-state index is 6.01. The highest BCUT2D eigenvalue weighted by Crippen LogP contribution is 2.33. The maximum Gasteiger partial charge on any atom is 0.161 e. The van der Waals surface area contributed by atoms with Gasteiger partial charge in [-0.1, -0.05) is 12.1 Å². The molecule has 0 aromatic heterocycles. The van der Waals surface area contributed by atoms with Crippen LogP contribution < -0.4 is 18.9 Å². The van der Waals surface area contributed by atoms with Crippen LogP contribution in [-0.2, 0) is 28.4 Å². The van der Waals surface area contributed by atoms with Gasteiger partial charge in [0.1, 0.15) is 26.4 Å². The van der Waals surface area contributed by atoms with E-state index in [1.165, 1.54) is 0 Å². The van der Waals surface area contributed by atoms with Crippen molar-refractivity contribution in [1.29, 1.82) is 0 Å². The van der Waals surface area contributed by atoms with E-state index in [2.05, 4.69) is 0 Å². The van der Waals surface area contributed by atoms with Gasteiger partial charge in [0.25, 0.3) is 0 Å². The van der Waals surface area contributed by atoms with Gasteiger partial charge in [-0.25, -0.2) is 0 Å². The quantitative estimate of drug-likeness (QED) is 0.559. The summed E-state index contributed by atoms with van der Waals surface area (Å²) in [6.45, 7) is 7.67. The van der Waals surface area contributed by atoms with Crippen molar-refractivity contribution >= 4 is 0 Å². The highest BCUT2D eigenvalue weighted by atomic mass is 16.6. The van der Waals surface area contributed by atoms with Gasteiger partial charge >= 0.3 is 0 Å². The van der Waals surface area contributed by atoms with Crippen molar-refractivity contribution in [2.24, 2.45) is 0 Å². The largest absolute Gasteiger partial charge is 0.487 e.